The molecule has 2 nitrogen and oxygen atoms in total. The number of hydrogen-bond donors (Lipinski definition) is 1. The predicted octanol–water partition coefficient (Wildman–Crippen LogP) is 2.49. The van der Waals surface area contributed by atoms with Gasteiger partial charge in [-0.15, -0.1) is 0 Å². The quantitative estimate of drug-likeness (QED) is 0.756. The smallest absolute Gasteiger partial charge is 0.0158 e. The fourth-order valence-corrected chi connectivity index (χ4v) is 2.93. The Kier molecular flexibility index (Phi) is 3.83. The molecule has 2 heteroatoms. The van der Waals surface area contributed by atoms with Crippen molar-refractivity contribution in [3.8, 4) is 0 Å². The Hall–Kier alpha value is -0.0800. The first-order valence-corrected chi connectivity index (χ1v) is 6.20. The van der Waals surface area contributed by atoms with E-state index in [1.54, 1.807) is 0 Å². The number of nitrogens with zero attached hydrogens (tertiary/aromatic N) is 1. The minimum absolute atomic E-state index is 0.288. The average molecular weight is 212 g/mol. The summed E-state index contributed by atoms with van der Waals surface area (Å²) < 4.78 is 0. The van der Waals surface area contributed by atoms with Gasteiger partial charge < -0.3 is 5.32 Å². The van der Waals surface area contributed by atoms with Gasteiger partial charge in [-0.1, -0.05) is 0 Å². The second kappa shape index (κ2) is 4.42. The third kappa shape index (κ3) is 3.18. The average Bonchev–Trinajstić information content (AvgIpc) is 2.06. The van der Waals surface area contributed by atoms with Crippen LogP contribution in [0.2, 0.25) is 0 Å². The van der Waals surface area contributed by atoms with Crippen molar-refractivity contribution in [1.29, 1.82) is 0 Å². The van der Waals surface area contributed by atoms with Gasteiger partial charge in [0.25, 0.3) is 0 Å². The second-order valence-electron chi connectivity index (χ2n) is 6.56. The molecule has 0 radical (unpaired) electrons. The molecule has 1 aliphatic rings. The Balaban J connectivity index is 2.71. The molecule has 90 valence electrons. The molecule has 0 spiro atoms. The van der Waals surface area contributed by atoms with E-state index in [4.69, 9.17) is 0 Å². The summed E-state index contributed by atoms with van der Waals surface area (Å²) in [5, 5.41) is 3.31. The standard InChI is InChI=1S/C13H28N2/c1-12(2,3)15-10-11(9-14-6)7-8-13(15,4)5/h11,14H,7-10H2,1-6H3. The number of nitrogens with one attached hydrogen (secondary N) is 1. The van der Waals surface area contributed by atoms with E-state index in [9.17, 15) is 0 Å². The topological polar surface area (TPSA) is 15.3 Å². The Morgan fingerprint density at radius 2 is 1.93 bits per heavy atom. The molecule has 1 aliphatic heterocycles. The zero-order chi connectivity index (χ0) is 11.7. The van der Waals surface area contributed by atoms with Crippen molar-refractivity contribution in [3.05, 3.63) is 0 Å². The van der Waals surface area contributed by atoms with Crippen molar-refractivity contribution in [1.82, 2.24) is 10.2 Å². The van der Waals surface area contributed by atoms with Gasteiger partial charge in [-0.3, -0.25) is 4.90 Å². The Labute approximate surface area is 95.4 Å². The van der Waals surface area contributed by atoms with Crippen molar-refractivity contribution in [2.75, 3.05) is 20.1 Å². The molecule has 1 fully saturated rings. The van der Waals surface area contributed by atoms with Gasteiger partial charge in [-0.25, -0.2) is 0 Å². The third-order valence-corrected chi connectivity index (χ3v) is 3.64. The van der Waals surface area contributed by atoms with Crippen molar-refractivity contribution >= 4 is 0 Å². The van der Waals surface area contributed by atoms with E-state index in [2.05, 4.69) is 51.9 Å². The SMILES string of the molecule is CNCC1CCC(C)(C)N(C(C)(C)C)C1. The highest BCUT2D eigenvalue weighted by Crippen LogP contribution is 2.35. The highest BCUT2D eigenvalue weighted by molar-refractivity contribution is 4.95. The molecule has 0 amide bonds. The van der Waals surface area contributed by atoms with Crippen LogP contribution in [0.1, 0.15) is 47.5 Å². The summed E-state index contributed by atoms with van der Waals surface area (Å²) >= 11 is 0. The maximum Gasteiger partial charge on any atom is 0.0158 e. The molecule has 0 bridgehead atoms. The third-order valence-electron chi connectivity index (χ3n) is 3.64. The van der Waals surface area contributed by atoms with Crippen LogP contribution in [0.3, 0.4) is 0 Å². The number of hydrogen-bond acceptors (Lipinski definition) is 2. The molecule has 1 heterocycles. The van der Waals surface area contributed by atoms with Crippen LogP contribution in [0.25, 0.3) is 0 Å². The summed E-state index contributed by atoms with van der Waals surface area (Å²) in [6, 6.07) is 0. The van der Waals surface area contributed by atoms with Crippen molar-refractivity contribution in [2.24, 2.45) is 5.92 Å². The van der Waals surface area contributed by atoms with Crippen LogP contribution in [-0.4, -0.2) is 36.1 Å². The van der Waals surface area contributed by atoms with Crippen LogP contribution < -0.4 is 5.32 Å². The summed E-state index contributed by atoms with van der Waals surface area (Å²) in [7, 11) is 2.06. The largest absolute Gasteiger partial charge is 0.319 e. The predicted molar refractivity (Wildman–Crippen MR) is 67.2 cm³/mol. The first-order chi connectivity index (χ1) is 6.77. The lowest BCUT2D eigenvalue weighted by molar-refractivity contribution is -0.0247. The van der Waals surface area contributed by atoms with Gasteiger partial charge >= 0.3 is 0 Å². The molecule has 1 N–H and O–H groups in total. The maximum atomic E-state index is 3.31. The minimum atomic E-state index is 0.288. The molecule has 1 unspecified atom stereocenters. The molecule has 1 atom stereocenters. The summed E-state index contributed by atoms with van der Waals surface area (Å²) in [5.41, 5.74) is 0.651. The Morgan fingerprint density at radius 1 is 1.33 bits per heavy atom. The normalized spacial score (nSPS) is 28.0. The Morgan fingerprint density at radius 3 is 2.40 bits per heavy atom. The maximum absolute atomic E-state index is 3.31. The van der Waals surface area contributed by atoms with Crippen LogP contribution in [0.15, 0.2) is 0 Å². The van der Waals surface area contributed by atoms with Gasteiger partial charge in [0.15, 0.2) is 0 Å². The molecule has 15 heavy (non-hydrogen) atoms. The summed E-state index contributed by atoms with van der Waals surface area (Å²) in [6.07, 6.45) is 2.68. The Bertz CT molecular complexity index is 203. The van der Waals surface area contributed by atoms with Gasteiger partial charge in [-0.2, -0.15) is 0 Å². The van der Waals surface area contributed by atoms with E-state index >= 15 is 0 Å². The lowest BCUT2D eigenvalue weighted by Crippen LogP contribution is -2.59. The summed E-state index contributed by atoms with van der Waals surface area (Å²) in [6.45, 7) is 14.1. The van der Waals surface area contributed by atoms with Gasteiger partial charge in [0.05, 0.1) is 0 Å². The van der Waals surface area contributed by atoms with Crippen molar-refractivity contribution < 1.29 is 0 Å². The van der Waals surface area contributed by atoms with E-state index in [1.165, 1.54) is 19.4 Å². The lowest BCUT2D eigenvalue weighted by Gasteiger charge is -2.52. The van der Waals surface area contributed by atoms with Gasteiger partial charge in [0.1, 0.15) is 0 Å². The zero-order valence-electron chi connectivity index (χ0n) is 11.4. The van der Waals surface area contributed by atoms with Crippen LogP contribution in [0.5, 0.6) is 0 Å². The summed E-state index contributed by atoms with van der Waals surface area (Å²) in [4.78, 5) is 2.67. The molecule has 0 saturated carbocycles. The molecule has 0 aromatic heterocycles. The number of likely N-dealkylation sites (tertiary alicyclic amines) is 1. The first-order valence-electron chi connectivity index (χ1n) is 6.20. The first kappa shape index (κ1) is 13.0. The molecular weight excluding hydrogens is 184 g/mol. The molecule has 1 rings (SSSR count). The molecule has 0 aliphatic carbocycles. The lowest BCUT2D eigenvalue weighted by atomic mass is 9.81. The van der Waals surface area contributed by atoms with E-state index in [1.807, 2.05) is 0 Å². The van der Waals surface area contributed by atoms with Gasteiger partial charge in [0.2, 0.25) is 0 Å². The highest BCUT2D eigenvalue weighted by atomic mass is 15.3. The van der Waals surface area contributed by atoms with Crippen LogP contribution >= 0.6 is 0 Å². The van der Waals surface area contributed by atoms with Gasteiger partial charge in [0, 0.05) is 17.6 Å². The molecule has 0 aromatic rings. The van der Waals surface area contributed by atoms with Crippen molar-refractivity contribution in [3.63, 3.8) is 0 Å². The van der Waals surface area contributed by atoms with E-state index in [-0.39, 0.29) is 5.54 Å². The molecule has 0 aromatic carbocycles. The molecule has 1 saturated heterocycles. The van der Waals surface area contributed by atoms with Crippen LogP contribution in [-0.2, 0) is 0 Å². The second-order valence-corrected chi connectivity index (χ2v) is 6.56. The van der Waals surface area contributed by atoms with Crippen molar-refractivity contribution in [2.45, 2.75) is 58.5 Å². The highest BCUT2D eigenvalue weighted by Gasteiger charge is 2.39. The number of rotatable bonds is 2. The number of piperidine rings is 1. The summed E-state index contributed by atoms with van der Waals surface area (Å²) in [5.74, 6) is 0.822. The van der Waals surface area contributed by atoms with Crippen LogP contribution in [0.4, 0.5) is 0 Å². The van der Waals surface area contributed by atoms with E-state index in [0.717, 1.165) is 12.5 Å². The zero-order valence-corrected chi connectivity index (χ0v) is 11.4. The van der Waals surface area contributed by atoms with E-state index < -0.39 is 0 Å². The van der Waals surface area contributed by atoms with Crippen LogP contribution in [0, 0.1) is 5.92 Å². The van der Waals surface area contributed by atoms with Gasteiger partial charge in [-0.05, 0) is 67.0 Å². The fourth-order valence-electron chi connectivity index (χ4n) is 2.93. The fraction of sp³-hybridized carbons (Fsp3) is 1.00. The van der Waals surface area contributed by atoms with E-state index in [0.29, 0.717) is 5.54 Å². The monoisotopic (exact) mass is 212 g/mol. The minimum Gasteiger partial charge on any atom is -0.319 e. The molecular formula is C13H28N2.